The van der Waals surface area contributed by atoms with E-state index in [0.29, 0.717) is 6.61 Å². The van der Waals surface area contributed by atoms with Gasteiger partial charge in [0.15, 0.2) is 0 Å². The Hall–Kier alpha value is -5.50. The first-order valence-electron chi connectivity index (χ1n) is 48.2. The Kier molecular flexibility index (Phi) is 52.6. The Balaban J connectivity index is 0.000000181. The van der Waals surface area contributed by atoms with Gasteiger partial charge in [-0.25, -0.2) is 0 Å². The van der Waals surface area contributed by atoms with Gasteiger partial charge < -0.3 is 105 Å². The van der Waals surface area contributed by atoms with Gasteiger partial charge in [-0.1, -0.05) is 57.1 Å². The molecular weight excluding hydrogens is 1580 g/mol. The maximum Gasteiger partial charge on any atom is 0.134 e. The van der Waals surface area contributed by atoms with Crippen molar-refractivity contribution in [2.45, 2.75) is 164 Å². The molecule has 0 atom stereocenters. The van der Waals surface area contributed by atoms with Gasteiger partial charge in [0.05, 0.1) is 61.5 Å². The van der Waals surface area contributed by atoms with E-state index in [4.69, 9.17) is 46.1 Å². The summed E-state index contributed by atoms with van der Waals surface area (Å²) < 4.78 is 52.7. The number of hydrogen-bond acceptors (Lipinski definition) is 31. The molecule has 6 aromatic rings. The molecule has 0 aromatic carbocycles. The van der Waals surface area contributed by atoms with E-state index in [0.717, 1.165) is 231 Å². The number of nitrogens with zero attached hydrogens (tertiary/aromatic N) is 21. The van der Waals surface area contributed by atoms with Gasteiger partial charge in [-0.15, -0.1) is 0 Å². The highest BCUT2D eigenvalue weighted by molar-refractivity contribution is 5.07. The second-order valence-electron chi connectivity index (χ2n) is 36.3. The average Bonchev–Trinajstić information content (AvgIpc) is 1.21. The predicted octanol–water partition coefficient (Wildman–Crippen LogP) is 8.89. The second kappa shape index (κ2) is 62.7. The zero-order valence-electron chi connectivity index (χ0n) is 80.6. The molecule has 0 spiro atoms. The summed E-state index contributed by atoms with van der Waals surface area (Å²) in [7, 11) is 15.4. The molecule has 8 aliphatic rings. The van der Waals surface area contributed by atoms with E-state index in [1.807, 2.05) is 77.9 Å². The molecule has 125 heavy (non-hydrogen) atoms. The Bertz CT molecular complexity index is 3200. The summed E-state index contributed by atoms with van der Waals surface area (Å²) in [6.07, 6.45) is 18.2. The normalized spacial score (nSPS) is 19.2. The molecule has 31 heteroatoms. The second-order valence-corrected chi connectivity index (χ2v) is 36.3. The van der Waals surface area contributed by atoms with Gasteiger partial charge in [-0.3, -0.25) is 14.7 Å². The van der Waals surface area contributed by atoms with Gasteiger partial charge in [-0.05, 0) is 188 Å². The molecular formula is C94H171N21O10. The lowest BCUT2D eigenvalue weighted by atomic mass is 10.1. The maximum atomic E-state index is 5.68. The molecule has 14 rings (SSSR count). The van der Waals surface area contributed by atoms with E-state index >= 15 is 0 Å². The molecule has 8 saturated heterocycles. The van der Waals surface area contributed by atoms with Crippen LogP contribution in [0.25, 0.3) is 0 Å². The van der Waals surface area contributed by atoms with Crippen molar-refractivity contribution in [3.8, 4) is 0 Å². The van der Waals surface area contributed by atoms with Crippen molar-refractivity contribution in [3.05, 3.63) is 105 Å². The van der Waals surface area contributed by atoms with Crippen molar-refractivity contribution in [3.63, 3.8) is 0 Å². The van der Waals surface area contributed by atoms with Crippen LogP contribution in [0.15, 0.2) is 63.5 Å². The predicted molar refractivity (Wildman–Crippen MR) is 497 cm³/mol. The molecule has 14 heterocycles. The standard InChI is InChI=1S/C15H27N3O.3C14H25N3O2.C14H25N3O.C13H23N3O2.C10H21N3/c1-14-13-15(16-19-14)7-5-3-4-6-8-18-11-9-17(2)10-12-18;1-13-12-14(15-19-13)4-11-18-10-3-5-17-8-6-16(2)7-9-17;1-13-12-14(15-19-13)4-3-10-18-11-9-17-7-5-16(2)6-8-17;1-13-11-14(15-19-13)12-18-10-4-3-5-17-8-6-16(2)7-9-17;1-13-12-14(15-18-13)6-4-3-5-7-17-10-8-16(2)9-11-17;1-12-11-13(14-18-12)3-9-17-10-8-16-6-4-15(2)5-7-16;1-3-12-8-10(9-12)13-6-4-11(2)5-7-13/h13H,3-12H2,1-2H3;2*12H,3-11H2,1-2H3;11H,3-10,12H2,1-2H3;12H,3-11H2,1-2H3;11H,3-10H2,1-2H3;10H,3-9H2,1-2H3. The van der Waals surface area contributed by atoms with Gasteiger partial charge in [0, 0.05) is 291 Å². The molecule has 8 aliphatic heterocycles. The number of unbranched alkanes of at least 4 members (excludes halogenated alkanes) is 6. The van der Waals surface area contributed by atoms with Gasteiger partial charge in [0.2, 0.25) is 0 Å². The van der Waals surface area contributed by atoms with Crippen molar-refractivity contribution in [1.29, 1.82) is 0 Å². The third-order valence-corrected chi connectivity index (χ3v) is 25.0. The molecule has 0 bridgehead atoms. The van der Waals surface area contributed by atoms with Crippen LogP contribution in [0, 0.1) is 41.5 Å². The van der Waals surface area contributed by atoms with E-state index in [1.54, 1.807) is 0 Å². The van der Waals surface area contributed by atoms with Gasteiger partial charge >= 0.3 is 0 Å². The highest BCUT2D eigenvalue weighted by Crippen LogP contribution is 2.18. The third-order valence-electron chi connectivity index (χ3n) is 25.0. The molecule has 6 aromatic heterocycles. The van der Waals surface area contributed by atoms with E-state index in [9.17, 15) is 0 Å². The first kappa shape index (κ1) is 105. The topological polar surface area (TPSA) is 242 Å². The van der Waals surface area contributed by atoms with E-state index in [-0.39, 0.29) is 0 Å². The summed E-state index contributed by atoms with van der Waals surface area (Å²) in [4.78, 5) is 37.1. The third kappa shape index (κ3) is 47.2. The smallest absolute Gasteiger partial charge is 0.134 e. The summed E-state index contributed by atoms with van der Waals surface area (Å²) in [5, 5.41) is 23.8. The van der Waals surface area contributed by atoms with Crippen LogP contribution in [0.3, 0.4) is 0 Å². The van der Waals surface area contributed by atoms with Crippen molar-refractivity contribution < 1.29 is 46.1 Å². The quantitative estimate of drug-likeness (QED) is 0.0325. The molecule has 0 N–H and O–H groups in total. The minimum atomic E-state index is 0.561. The number of rotatable bonds is 42. The summed E-state index contributed by atoms with van der Waals surface area (Å²) >= 11 is 0. The van der Waals surface area contributed by atoms with Gasteiger partial charge in [0.25, 0.3) is 0 Å². The Morgan fingerprint density at radius 3 is 0.840 bits per heavy atom. The summed E-state index contributed by atoms with van der Waals surface area (Å²) in [6, 6.07) is 12.8. The first-order chi connectivity index (χ1) is 60.7. The SMILES string of the molecule is CCN1CC(N2CCN(C)CC2)C1.Cc1cc(CCCCCCN2CCN(C)CC2)no1.Cc1cc(CCCCCN2CCN(C)CC2)no1.Cc1cc(CCCOCCN2CCN(C)CC2)no1.Cc1cc(CCOCCCN2CCN(C)CC2)no1.Cc1cc(CCOCCN2CCN(C)CC2)no1.Cc1cc(COCCCCN2CCN(C)CC2)no1. The number of hydrogen-bond donors (Lipinski definition) is 0. The van der Waals surface area contributed by atoms with E-state index < -0.39 is 0 Å². The lowest BCUT2D eigenvalue weighted by molar-refractivity contribution is 0.0125. The highest BCUT2D eigenvalue weighted by atomic mass is 16.5. The summed E-state index contributed by atoms with van der Waals surface area (Å²) in [5.74, 6) is 5.29. The van der Waals surface area contributed by atoms with Crippen LogP contribution < -0.4 is 0 Å². The molecule has 0 aliphatic carbocycles. The molecule has 712 valence electrons. The molecule has 0 unspecified atom stereocenters. The lowest BCUT2D eigenvalue weighted by Crippen LogP contribution is -2.62. The van der Waals surface area contributed by atoms with Crippen LogP contribution in [0.4, 0.5) is 0 Å². The van der Waals surface area contributed by atoms with Crippen LogP contribution in [0.1, 0.15) is 146 Å². The monoisotopic (exact) mass is 1750 g/mol. The number of likely N-dealkylation sites (tertiary alicyclic amines) is 1. The van der Waals surface area contributed by atoms with Gasteiger partial charge in [-0.2, -0.15) is 0 Å². The Labute approximate surface area is 753 Å². The van der Waals surface area contributed by atoms with Crippen molar-refractivity contribution in [2.75, 3.05) is 338 Å². The Morgan fingerprint density at radius 1 is 0.248 bits per heavy atom. The minimum absolute atomic E-state index is 0.561. The number of ether oxygens (including phenoxy) is 4. The van der Waals surface area contributed by atoms with E-state index in [1.165, 1.54) is 235 Å². The average molecular weight is 1760 g/mol. The number of aryl methyl sites for hydroxylation is 9. The Morgan fingerprint density at radius 2 is 0.504 bits per heavy atom. The van der Waals surface area contributed by atoms with Crippen LogP contribution in [-0.4, -0.2) is 448 Å². The van der Waals surface area contributed by atoms with Crippen LogP contribution in [-0.2, 0) is 57.7 Å². The fourth-order valence-corrected chi connectivity index (χ4v) is 16.1. The van der Waals surface area contributed by atoms with Crippen LogP contribution in [0.2, 0.25) is 0 Å². The maximum absolute atomic E-state index is 5.68. The van der Waals surface area contributed by atoms with Crippen molar-refractivity contribution in [2.24, 2.45) is 0 Å². The largest absolute Gasteiger partial charge is 0.381 e. The minimum Gasteiger partial charge on any atom is -0.381 e. The lowest BCUT2D eigenvalue weighted by Gasteiger charge is -2.47. The molecule has 31 nitrogen and oxygen atoms in total. The fourth-order valence-electron chi connectivity index (χ4n) is 16.1. The van der Waals surface area contributed by atoms with Crippen molar-refractivity contribution in [1.82, 2.24) is 104 Å². The molecule has 0 amide bonds. The zero-order chi connectivity index (χ0) is 88.9. The van der Waals surface area contributed by atoms with Crippen molar-refractivity contribution >= 4 is 0 Å². The summed E-state index contributed by atoms with van der Waals surface area (Å²) in [5.41, 5.74) is 6.09. The number of likely N-dealkylation sites (N-methyl/N-ethyl adjacent to an activating group) is 8. The van der Waals surface area contributed by atoms with E-state index in [2.05, 4.69) is 161 Å². The van der Waals surface area contributed by atoms with Crippen LogP contribution in [0.5, 0.6) is 0 Å². The number of piperazine rings is 7. The van der Waals surface area contributed by atoms with Gasteiger partial charge in [0.1, 0.15) is 40.3 Å². The van der Waals surface area contributed by atoms with Crippen LogP contribution >= 0.6 is 0 Å². The zero-order valence-corrected chi connectivity index (χ0v) is 80.6. The molecule has 0 radical (unpaired) electrons. The highest BCUT2D eigenvalue weighted by Gasteiger charge is 2.32. The summed E-state index contributed by atoms with van der Waals surface area (Å²) in [6.45, 7) is 64.5. The molecule has 8 fully saturated rings. The first-order valence-corrected chi connectivity index (χ1v) is 48.2. The number of aromatic nitrogens is 6. The fraction of sp³-hybridized carbons (Fsp3) is 0.809. The molecule has 0 saturated carbocycles.